The Morgan fingerprint density at radius 3 is 1.33 bits per heavy atom. The maximum atomic E-state index is 2.96. The fourth-order valence-corrected chi connectivity index (χ4v) is 47.6. The summed E-state index contributed by atoms with van der Waals surface area (Å²) in [5.74, 6) is 0.619. The van der Waals surface area contributed by atoms with E-state index in [-0.39, 0.29) is 0 Å². The van der Waals surface area contributed by atoms with Gasteiger partial charge in [0.25, 0.3) is 0 Å². The van der Waals surface area contributed by atoms with Crippen LogP contribution in [0.3, 0.4) is 0 Å². The second-order valence-electron chi connectivity index (χ2n) is 16.7. The molecule has 0 saturated carbocycles. The molecule has 0 aromatic heterocycles. The van der Waals surface area contributed by atoms with E-state index >= 15 is 0 Å². The summed E-state index contributed by atoms with van der Waals surface area (Å²) in [6, 6.07) is 22.3. The second-order valence-corrected chi connectivity index (χ2v) is 52.3. The van der Waals surface area contributed by atoms with Crippen molar-refractivity contribution in [3.63, 3.8) is 0 Å². The summed E-state index contributed by atoms with van der Waals surface area (Å²) in [6.07, 6.45) is 7.68. The first-order valence-electron chi connectivity index (χ1n) is 18.2. The second kappa shape index (κ2) is 12.7. The molecule has 0 fully saturated rings. The van der Waals surface area contributed by atoms with E-state index in [2.05, 4.69) is 152 Å². The zero-order valence-corrected chi connectivity index (χ0v) is 34.4. The molecule has 0 bridgehead atoms. The molecule has 5 rings (SSSR count). The van der Waals surface area contributed by atoms with Gasteiger partial charge in [0.1, 0.15) is 0 Å². The van der Waals surface area contributed by atoms with Gasteiger partial charge < -0.3 is 0 Å². The van der Waals surface area contributed by atoms with Gasteiger partial charge in [-0.25, -0.2) is 0 Å². The molecular formula is C43H61SiZr. The van der Waals surface area contributed by atoms with Gasteiger partial charge in [-0.1, -0.05) is 0 Å². The van der Waals surface area contributed by atoms with E-state index < -0.39 is 23.9 Å². The van der Waals surface area contributed by atoms with Gasteiger partial charge in [0.15, 0.2) is 0 Å². The third-order valence-corrected chi connectivity index (χ3v) is 55.4. The summed E-state index contributed by atoms with van der Waals surface area (Å²) in [5, 5.41) is 1.68. The minimum atomic E-state index is -4.00. The molecule has 0 N–H and O–H groups in total. The van der Waals surface area contributed by atoms with Crippen LogP contribution in [0.4, 0.5) is 0 Å². The van der Waals surface area contributed by atoms with Crippen LogP contribution >= 0.6 is 0 Å². The zero-order valence-electron chi connectivity index (χ0n) is 30.8. The van der Waals surface area contributed by atoms with Crippen molar-refractivity contribution in [3.05, 3.63) is 110 Å². The van der Waals surface area contributed by atoms with E-state index in [1.165, 1.54) is 11.1 Å². The normalized spacial score (nSPS) is 19.5. The minimum absolute atomic E-state index is 0.518. The van der Waals surface area contributed by atoms with Gasteiger partial charge in [-0.3, -0.25) is 0 Å². The molecule has 2 aliphatic carbocycles. The first-order valence-corrected chi connectivity index (χ1v) is 32.5. The van der Waals surface area contributed by atoms with Gasteiger partial charge in [0.2, 0.25) is 0 Å². The van der Waals surface area contributed by atoms with Crippen LogP contribution in [0.5, 0.6) is 0 Å². The Hall–Kier alpha value is -1.76. The predicted octanol–water partition coefficient (Wildman–Crippen LogP) is 12.6. The topological polar surface area (TPSA) is 0 Å². The van der Waals surface area contributed by atoms with Gasteiger partial charge in [-0.05, 0) is 0 Å². The summed E-state index contributed by atoms with van der Waals surface area (Å²) in [4.78, 5) is 0. The average molecular weight is 697 g/mol. The third kappa shape index (κ3) is 5.63. The van der Waals surface area contributed by atoms with Crippen molar-refractivity contribution < 1.29 is 17.9 Å². The van der Waals surface area contributed by atoms with Crippen molar-refractivity contribution in [1.29, 1.82) is 0 Å². The van der Waals surface area contributed by atoms with Crippen LogP contribution in [0, 0.1) is 0 Å². The van der Waals surface area contributed by atoms with Crippen LogP contribution in [0.2, 0.25) is 15.8 Å². The molecule has 3 unspecified atom stereocenters. The summed E-state index contributed by atoms with van der Waals surface area (Å²) in [7, 11) is 0. The maximum absolute atomic E-state index is 4.00. The van der Waals surface area contributed by atoms with E-state index in [1.807, 2.05) is 0 Å². The van der Waals surface area contributed by atoms with Gasteiger partial charge in [0, 0.05) is 0 Å². The number of allylic oxidation sites excluding steroid dienone is 2. The monoisotopic (exact) mass is 695 g/mol. The summed E-state index contributed by atoms with van der Waals surface area (Å²) in [5.41, 5.74) is 16.2. The molecule has 2 heteroatoms. The van der Waals surface area contributed by atoms with Crippen LogP contribution in [0.25, 0.3) is 12.2 Å². The predicted molar refractivity (Wildman–Crippen MR) is 202 cm³/mol. The Bertz CT molecular complexity index is 1530. The molecule has 0 saturated heterocycles. The SMILES string of the molecule is CCC1=Cc2c(C(C)C)cc(C(C)C)cc2[CH]1[Zr]([CH3])([CH3])([CH]1C(CC)=Cc2c(C(C)C)cc(C(C)C)cc21)[SiH](C)c1ccccc1. The first-order chi connectivity index (χ1) is 21.1. The number of rotatable bonds is 10. The average Bonchev–Trinajstić information content (AvgIpc) is 3.59. The molecule has 2 aliphatic rings. The van der Waals surface area contributed by atoms with Crippen LogP contribution in [-0.2, 0) is 17.9 Å². The zero-order chi connectivity index (χ0) is 33.0. The fraction of sp³-hybridized carbons (Fsp3) is 0.488. The van der Waals surface area contributed by atoms with Crippen molar-refractivity contribution in [1.82, 2.24) is 0 Å². The number of hydrogen-bond acceptors (Lipinski definition) is 0. The molecule has 0 spiro atoms. The third-order valence-electron chi connectivity index (χ3n) is 12.4. The number of hydrogen-bond donors (Lipinski definition) is 0. The summed E-state index contributed by atoms with van der Waals surface area (Å²) >= 11 is -4.00. The molecule has 0 aliphatic heterocycles. The van der Waals surface area contributed by atoms with Crippen LogP contribution in [0.15, 0.2) is 65.7 Å². The quantitative estimate of drug-likeness (QED) is 0.185. The molecule has 3 aromatic carbocycles. The Morgan fingerprint density at radius 2 is 1.00 bits per heavy atom. The fourth-order valence-electron chi connectivity index (χ4n) is 9.51. The van der Waals surface area contributed by atoms with E-state index in [9.17, 15) is 0 Å². The Labute approximate surface area is 278 Å². The standard InChI is InChI=1S/2C17H23.C7H9Si.2CH3.Zr/c2*1-6-13-7-15-9-14(11(2)3)10-16(12(4)5)17(15)8-13;1-8-7-5-3-2-4-6-7;;;/h2*7-12H,6H2,1-5H3;2-6,8H,1H3;2*1H3;. The van der Waals surface area contributed by atoms with Crippen molar-refractivity contribution in [2.75, 3.05) is 0 Å². The first kappa shape index (κ1) is 34.6. The van der Waals surface area contributed by atoms with E-state index in [0.29, 0.717) is 30.9 Å². The number of fused-ring (bicyclic) bond motifs is 2. The van der Waals surface area contributed by atoms with Gasteiger partial charge in [0.05, 0.1) is 0 Å². The van der Waals surface area contributed by atoms with E-state index in [0.717, 1.165) is 12.8 Å². The summed E-state index contributed by atoms with van der Waals surface area (Å²) in [6.45, 7) is 26.9. The van der Waals surface area contributed by atoms with E-state index in [1.54, 1.807) is 49.7 Å². The Balaban J connectivity index is 1.93. The molecule has 3 aromatic rings. The van der Waals surface area contributed by atoms with Gasteiger partial charge in [-0.2, -0.15) is 0 Å². The van der Waals surface area contributed by atoms with Crippen molar-refractivity contribution in [2.45, 2.75) is 129 Å². The molecule has 0 radical (unpaired) electrons. The van der Waals surface area contributed by atoms with Crippen LogP contribution in [0.1, 0.15) is 158 Å². The molecule has 0 nitrogen and oxygen atoms in total. The number of benzene rings is 3. The van der Waals surface area contributed by atoms with Crippen molar-refractivity contribution >= 4 is 23.3 Å². The molecule has 0 heterocycles. The van der Waals surface area contributed by atoms with Crippen LogP contribution in [-0.4, -0.2) is 5.92 Å². The molecule has 45 heavy (non-hydrogen) atoms. The van der Waals surface area contributed by atoms with Crippen LogP contribution < -0.4 is 5.19 Å². The molecule has 3 atom stereocenters. The summed E-state index contributed by atoms with van der Waals surface area (Å²) < 4.78 is 7.07. The molecule has 241 valence electrons. The Morgan fingerprint density at radius 1 is 0.600 bits per heavy atom. The molecular weight excluding hydrogens is 636 g/mol. The molecule has 0 amide bonds. The van der Waals surface area contributed by atoms with E-state index in [4.69, 9.17) is 0 Å². The van der Waals surface area contributed by atoms with Crippen molar-refractivity contribution in [3.8, 4) is 0 Å². The van der Waals surface area contributed by atoms with Gasteiger partial charge >= 0.3 is 280 Å². The Kier molecular flexibility index (Phi) is 9.75. The van der Waals surface area contributed by atoms with Gasteiger partial charge in [-0.15, -0.1) is 0 Å². The van der Waals surface area contributed by atoms with Crippen molar-refractivity contribution in [2.24, 2.45) is 0 Å².